The molecule has 1 fully saturated rings. The quantitative estimate of drug-likeness (QED) is 0.232. The molecule has 0 bridgehead atoms. The minimum Gasteiger partial charge on any atom is -0.356 e. The fourth-order valence-electron chi connectivity index (χ4n) is 5.40. The Morgan fingerprint density at radius 1 is 0.976 bits per heavy atom. The maximum absolute atomic E-state index is 13.3. The Hall–Kier alpha value is -4.89. The second kappa shape index (κ2) is 11.5. The summed E-state index contributed by atoms with van der Waals surface area (Å²) in [5.41, 5.74) is 8.76. The first-order valence-corrected chi connectivity index (χ1v) is 14.0. The van der Waals surface area contributed by atoms with Gasteiger partial charge >= 0.3 is 0 Å². The van der Waals surface area contributed by atoms with Gasteiger partial charge in [-0.1, -0.05) is 17.3 Å². The van der Waals surface area contributed by atoms with Crippen LogP contribution < -0.4 is 10.6 Å². The molecule has 1 amide bonds. The summed E-state index contributed by atoms with van der Waals surface area (Å²) in [4.78, 5) is 29.2. The van der Waals surface area contributed by atoms with Crippen LogP contribution in [0.3, 0.4) is 0 Å². The molecule has 1 atom stereocenters. The topological polar surface area (TPSA) is 109 Å². The molecule has 9 nitrogen and oxygen atoms in total. The SMILES string of the molecule is Cc1cc(NC(=O)c2ccc(C)c(Nc3nccc(-c4cncc(-c5oncc5C)c4)n3)c2)cc(C2CCN(C)C2)c1. The summed E-state index contributed by atoms with van der Waals surface area (Å²) < 4.78 is 5.39. The molecule has 2 aromatic carbocycles. The molecule has 1 saturated heterocycles. The van der Waals surface area contributed by atoms with Gasteiger partial charge in [-0.15, -0.1) is 0 Å². The average molecular weight is 560 g/mol. The van der Waals surface area contributed by atoms with E-state index in [1.807, 2.05) is 50.2 Å². The van der Waals surface area contributed by atoms with E-state index < -0.39 is 0 Å². The zero-order chi connectivity index (χ0) is 29.2. The van der Waals surface area contributed by atoms with Crippen LogP contribution in [-0.2, 0) is 0 Å². The van der Waals surface area contributed by atoms with Gasteiger partial charge in [0.25, 0.3) is 5.91 Å². The van der Waals surface area contributed by atoms with Gasteiger partial charge in [0.15, 0.2) is 5.76 Å². The smallest absolute Gasteiger partial charge is 0.255 e. The fraction of sp³-hybridized carbons (Fsp3) is 0.242. The van der Waals surface area contributed by atoms with Gasteiger partial charge in [-0.25, -0.2) is 9.97 Å². The Morgan fingerprint density at radius 2 is 1.83 bits per heavy atom. The predicted molar refractivity (Wildman–Crippen MR) is 164 cm³/mol. The molecule has 5 aromatic rings. The third-order valence-corrected chi connectivity index (χ3v) is 7.67. The van der Waals surface area contributed by atoms with Crippen LogP contribution in [0.15, 0.2) is 77.8 Å². The molecular weight excluding hydrogens is 526 g/mol. The molecule has 0 saturated carbocycles. The van der Waals surface area contributed by atoms with Gasteiger partial charge in [0.1, 0.15) is 0 Å². The maximum atomic E-state index is 13.3. The number of nitrogens with one attached hydrogen (secondary N) is 2. The number of carbonyl (C=O) groups excluding carboxylic acids is 1. The van der Waals surface area contributed by atoms with Gasteiger partial charge in [0, 0.05) is 58.8 Å². The van der Waals surface area contributed by atoms with Crippen LogP contribution in [0.25, 0.3) is 22.6 Å². The number of amides is 1. The molecule has 1 aliphatic rings. The Kier molecular flexibility index (Phi) is 7.50. The summed E-state index contributed by atoms with van der Waals surface area (Å²) >= 11 is 0. The van der Waals surface area contributed by atoms with E-state index in [9.17, 15) is 4.79 Å². The lowest BCUT2D eigenvalue weighted by atomic mass is 9.96. The van der Waals surface area contributed by atoms with Crippen LogP contribution in [0.2, 0.25) is 0 Å². The predicted octanol–water partition coefficient (Wildman–Crippen LogP) is 6.53. The molecule has 2 N–H and O–H groups in total. The first-order chi connectivity index (χ1) is 20.3. The number of rotatable bonds is 7. The molecule has 3 aromatic heterocycles. The second-order valence-corrected chi connectivity index (χ2v) is 11.1. The molecule has 42 heavy (non-hydrogen) atoms. The minimum atomic E-state index is -0.168. The molecule has 4 heterocycles. The van der Waals surface area contributed by atoms with Crippen molar-refractivity contribution in [1.82, 2.24) is 25.0 Å². The van der Waals surface area contributed by atoms with Crippen molar-refractivity contribution >= 4 is 23.2 Å². The molecule has 6 rings (SSSR count). The lowest BCUT2D eigenvalue weighted by Gasteiger charge is -2.15. The van der Waals surface area contributed by atoms with Crippen LogP contribution in [-0.4, -0.2) is 51.1 Å². The molecule has 0 spiro atoms. The standard InChI is InChI=1S/C33H33N7O2/c1-20-11-25(24-8-10-40(4)19-24)14-28(12-20)37-32(41)23-6-5-21(2)30(15-23)39-33-35-9-7-29(38-33)26-13-27(18-34-17-26)31-22(3)16-36-42-31/h5-7,9,11-18,24H,8,10,19H2,1-4H3,(H,37,41)(H,35,38,39). The van der Waals surface area contributed by atoms with E-state index in [0.717, 1.165) is 58.7 Å². The molecule has 9 heteroatoms. The normalized spacial score (nSPS) is 15.1. The van der Waals surface area contributed by atoms with Gasteiger partial charge in [-0.2, -0.15) is 0 Å². The maximum Gasteiger partial charge on any atom is 0.255 e. The molecule has 0 radical (unpaired) electrons. The average Bonchev–Trinajstić information content (AvgIpc) is 3.62. The van der Waals surface area contributed by atoms with Crippen LogP contribution >= 0.6 is 0 Å². The van der Waals surface area contributed by atoms with Crippen LogP contribution in [0.1, 0.15) is 45.0 Å². The summed E-state index contributed by atoms with van der Waals surface area (Å²) in [7, 11) is 2.15. The van der Waals surface area contributed by atoms with Crippen molar-refractivity contribution in [3.05, 3.63) is 101 Å². The first-order valence-electron chi connectivity index (χ1n) is 14.0. The Labute approximate surface area is 245 Å². The van der Waals surface area contributed by atoms with Crippen molar-refractivity contribution in [2.45, 2.75) is 33.1 Å². The van der Waals surface area contributed by atoms with E-state index in [-0.39, 0.29) is 5.91 Å². The van der Waals surface area contributed by atoms with E-state index in [0.29, 0.717) is 28.9 Å². The number of hydrogen-bond acceptors (Lipinski definition) is 8. The number of carbonyl (C=O) groups is 1. The lowest BCUT2D eigenvalue weighted by molar-refractivity contribution is 0.102. The number of benzene rings is 2. The van der Waals surface area contributed by atoms with Crippen LogP contribution in [0, 0.1) is 20.8 Å². The van der Waals surface area contributed by atoms with Gasteiger partial charge < -0.3 is 20.1 Å². The summed E-state index contributed by atoms with van der Waals surface area (Å²) in [6.07, 6.45) is 7.99. The molecular formula is C33H33N7O2. The summed E-state index contributed by atoms with van der Waals surface area (Å²) in [5, 5.41) is 10.3. The van der Waals surface area contributed by atoms with Gasteiger partial charge in [-0.3, -0.25) is 9.78 Å². The largest absolute Gasteiger partial charge is 0.356 e. The van der Waals surface area contributed by atoms with E-state index in [1.54, 1.807) is 24.8 Å². The number of likely N-dealkylation sites (tertiary alicyclic amines) is 1. The highest BCUT2D eigenvalue weighted by molar-refractivity contribution is 6.05. The molecule has 212 valence electrons. The van der Waals surface area contributed by atoms with Crippen molar-refractivity contribution in [2.24, 2.45) is 0 Å². The van der Waals surface area contributed by atoms with Gasteiger partial charge in [0.05, 0.1) is 11.9 Å². The van der Waals surface area contributed by atoms with Crippen molar-refractivity contribution in [3.8, 4) is 22.6 Å². The molecule has 1 aliphatic heterocycles. The number of nitrogens with zero attached hydrogens (tertiary/aromatic N) is 5. The number of aromatic nitrogens is 4. The van der Waals surface area contributed by atoms with Gasteiger partial charge in [-0.05, 0) is 99.8 Å². The molecule has 0 aliphatic carbocycles. The first kappa shape index (κ1) is 27.3. The highest BCUT2D eigenvalue weighted by Gasteiger charge is 2.22. The number of likely N-dealkylation sites (N-methyl/N-ethyl adjacent to an activating group) is 1. The van der Waals surface area contributed by atoms with Crippen molar-refractivity contribution in [1.29, 1.82) is 0 Å². The van der Waals surface area contributed by atoms with Crippen LogP contribution in [0.5, 0.6) is 0 Å². The highest BCUT2D eigenvalue weighted by Crippen LogP contribution is 2.30. The third kappa shape index (κ3) is 5.91. The summed E-state index contributed by atoms with van der Waals surface area (Å²) in [5.74, 6) is 1.41. The van der Waals surface area contributed by atoms with E-state index in [4.69, 9.17) is 9.51 Å². The van der Waals surface area contributed by atoms with E-state index in [2.05, 4.69) is 56.8 Å². The Balaban J connectivity index is 1.20. The Morgan fingerprint density at radius 3 is 2.62 bits per heavy atom. The van der Waals surface area contributed by atoms with Crippen molar-refractivity contribution in [2.75, 3.05) is 30.8 Å². The number of pyridine rings is 1. The summed E-state index contributed by atoms with van der Waals surface area (Å²) in [6, 6.07) is 15.7. The fourth-order valence-corrected chi connectivity index (χ4v) is 5.40. The highest BCUT2D eigenvalue weighted by atomic mass is 16.5. The third-order valence-electron chi connectivity index (χ3n) is 7.67. The zero-order valence-corrected chi connectivity index (χ0v) is 24.2. The number of aryl methyl sites for hydroxylation is 3. The monoisotopic (exact) mass is 559 g/mol. The number of anilines is 3. The van der Waals surface area contributed by atoms with E-state index in [1.165, 1.54) is 5.56 Å². The Bertz CT molecular complexity index is 1760. The van der Waals surface area contributed by atoms with E-state index >= 15 is 0 Å². The van der Waals surface area contributed by atoms with Crippen LogP contribution in [0.4, 0.5) is 17.3 Å². The summed E-state index contributed by atoms with van der Waals surface area (Å²) in [6.45, 7) is 8.12. The minimum absolute atomic E-state index is 0.168. The second-order valence-electron chi connectivity index (χ2n) is 11.1. The van der Waals surface area contributed by atoms with Crippen molar-refractivity contribution in [3.63, 3.8) is 0 Å². The van der Waals surface area contributed by atoms with Crippen molar-refractivity contribution < 1.29 is 9.32 Å². The lowest BCUT2D eigenvalue weighted by Crippen LogP contribution is -2.14. The zero-order valence-electron chi connectivity index (χ0n) is 24.2. The van der Waals surface area contributed by atoms with Gasteiger partial charge in [0.2, 0.25) is 5.95 Å². The molecule has 1 unspecified atom stereocenters. The number of hydrogen-bond donors (Lipinski definition) is 2.